The van der Waals surface area contributed by atoms with Gasteiger partial charge in [0.25, 0.3) is 0 Å². The average Bonchev–Trinajstić information content (AvgIpc) is 2.57. The molecular weight excluding hydrogens is 398 g/mol. The fraction of sp³-hybridized carbons (Fsp3) is 0.167. The van der Waals surface area contributed by atoms with E-state index in [-0.39, 0.29) is 25.4 Å². The summed E-state index contributed by atoms with van der Waals surface area (Å²) in [7, 11) is -0.756. The number of nitrogens with zero attached hydrogens (tertiary/aromatic N) is 2. The molecule has 25 heavy (non-hydrogen) atoms. The SMILES string of the molecule is C=C(/C=C/[Se]C(=O)N/C(C)=C/C)C(c1ccc(C#N)cc1)p1nc[nH]1. The average molecular weight is 417 g/mol. The zero-order valence-electron chi connectivity index (χ0n) is 14.1. The summed E-state index contributed by atoms with van der Waals surface area (Å²) >= 11 is -0.300. The second-order valence-electron chi connectivity index (χ2n) is 5.23. The van der Waals surface area contributed by atoms with Crippen molar-refractivity contribution in [2.45, 2.75) is 19.5 Å². The van der Waals surface area contributed by atoms with E-state index in [9.17, 15) is 4.79 Å². The van der Waals surface area contributed by atoms with Gasteiger partial charge in [0.15, 0.2) is 0 Å². The monoisotopic (exact) mass is 418 g/mol. The maximum absolute atomic E-state index is 11.8. The normalized spacial score (nSPS) is 12.8. The van der Waals surface area contributed by atoms with Gasteiger partial charge in [-0.2, -0.15) is 0 Å². The van der Waals surface area contributed by atoms with Crippen molar-refractivity contribution >= 4 is 27.6 Å². The number of H-pyrrole nitrogens is 1. The van der Waals surface area contributed by atoms with Crippen LogP contribution in [-0.4, -0.2) is 29.3 Å². The number of benzene rings is 1. The molecule has 2 rings (SSSR count). The second-order valence-corrected chi connectivity index (χ2v) is 8.77. The summed E-state index contributed by atoms with van der Waals surface area (Å²) in [6, 6.07) is 9.60. The van der Waals surface area contributed by atoms with Crippen molar-refractivity contribution in [3.63, 3.8) is 0 Å². The number of aromatic amines is 1. The number of hydrogen-bond acceptors (Lipinski definition) is 3. The van der Waals surface area contributed by atoms with Gasteiger partial charge in [-0.15, -0.1) is 0 Å². The Morgan fingerprint density at radius 2 is 2.16 bits per heavy atom. The van der Waals surface area contributed by atoms with Crippen LogP contribution in [0.1, 0.15) is 30.6 Å². The maximum atomic E-state index is 11.8. The van der Waals surface area contributed by atoms with Crippen LogP contribution < -0.4 is 5.32 Å². The molecule has 1 heterocycles. The molecule has 1 aromatic carbocycles. The molecule has 0 spiro atoms. The van der Waals surface area contributed by atoms with Gasteiger partial charge in [-0.1, -0.05) is 0 Å². The third-order valence-electron chi connectivity index (χ3n) is 3.51. The summed E-state index contributed by atoms with van der Waals surface area (Å²) in [4.78, 5) is 13.7. The Bertz CT molecular complexity index is 830. The van der Waals surface area contributed by atoms with Gasteiger partial charge in [0, 0.05) is 0 Å². The number of nitriles is 1. The zero-order chi connectivity index (χ0) is 18.2. The predicted molar refractivity (Wildman–Crippen MR) is 103 cm³/mol. The number of carbonyl (C=O) groups excluding carboxylic acids is 1. The van der Waals surface area contributed by atoms with E-state index in [0.29, 0.717) is 5.56 Å². The van der Waals surface area contributed by atoms with Gasteiger partial charge in [0.05, 0.1) is 0 Å². The number of aromatic nitrogens is 2. The Morgan fingerprint density at radius 3 is 2.68 bits per heavy atom. The number of carbonyl (C=O) groups is 1. The van der Waals surface area contributed by atoms with Crippen LogP contribution in [0, 0.1) is 11.3 Å². The van der Waals surface area contributed by atoms with Crippen molar-refractivity contribution in [3.05, 3.63) is 76.7 Å². The van der Waals surface area contributed by atoms with Gasteiger partial charge in [-0.25, -0.2) is 0 Å². The van der Waals surface area contributed by atoms with Crippen LogP contribution in [0.15, 0.2) is 65.6 Å². The van der Waals surface area contributed by atoms with E-state index in [4.69, 9.17) is 5.26 Å². The zero-order valence-corrected chi connectivity index (χ0v) is 16.7. The molecule has 128 valence electrons. The summed E-state index contributed by atoms with van der Waals surface area (Å²) in [5.41, 5.74) is 3.47. The van der Waals surface area contributed by atoms with Crippen molar-refractivity contribution in [2.75, 3.05) is 0 Å². The first-order valence-electron chi connectivity index (χ1n) is 7.59. The Hall–Kier alpha value is -2.31. The van der Waals surface area contributed by atoms with Gasteiger partial charge >= 0.3 is 155 Å². The number of nitrogens with one attached hydrogen (secondary N) is 2. The Balaban J connectivity index is 2.09. The molecule has 0 saturated carbocycles. The molecule has 2 unspecified atom stereocenters. The van der Waals surface area contributed by atoms with Crippen LogP contribution in [0.5, 0.6) is 0 Å². The van der Waals surface area contributed by atoms with E-state index in [0.717, 1.165) is 16.8 Å². The summed E-state index contributed by atoms with van der Waals surface area (Å²) < 4.78 is 7.61. The van der Waals surface area contributed by atoms with Crippen LogP contribution in [-0.2, 0) is 0 Å². The molecule has 7 heteroatoms. The summed E-state index contributed by atoms with van der Waals surface area (Å²) in [5.74, 6) is 0. The van der Waals surface area contributed by atoms with E-state index < -0.39 is 7.85 Å². The Morgan fingerprint density at radius 1 is 1.48 bits per heavy atom. The number of hydrogen-bond donors (Lipinski definition) is 2. The second kappa shape index (κ2) is 9.25. The molecule has 1 aromatic heterocycles. The van der Waals surface area contributed by atoms with Crippen molar-refractivity contribution in [1.29, 1.82) is 5.26 Å². The quantitative estimate of drug-likeness (QED) is 0.522. The standard InChI is InChI=1S/C18H19N4OPSe/c1-4-14(3)22-18(23)25-10-9-13(2)17(24-20-12-21-24)16-7-5-15(11-19)6-8-16/h4-10,12,17H,2H2,1,3H3,(H,20,21)(H,22,23)/b10-9+,14-4+. The van der Waals surface area contributed by atoms with Crippen molar-refractivity contribution < 1.29 is 4.79 Å². The van der Waals surface area contributed by atoms with Gasteiger partial charge in [-0.3, -0.25) is 0 Å². The van der Waals surface area contributed by atoms with Gasteiger partial charge < -0.3 is 0 Å². The van der Waals surface area contributed by atoms with E-state index in [2.05, 4.69) is 27.5 Å². The summed E-state index contributed by atoms with van der Waals surface area (Å²) in [6.45, 7) is 7.92. The molecule has 2 atom stereocenters. The third kappa shape index (κ3) is 5.34. The topological polar surface area (TPSA) is 81.6 Å². The minimum atomic E-state index is -0.756. The van der Waals surface area contributed by atoms with Gasteiger partial charge in [0.2, 0.25) is 0 Å². The molecule has 0 radical (unpaired) electrons. The number of amides is 1. The number of rotatable bonds is 7. The molecule has 5 nitrogen and oxygen atoms in total. The minimum absolute atomic E-state index is 0.00702. The predicted octanol–water partition coefficient (Wildman–Crippen LogP) is 4.26. The van der Waals surface area contributed by atoms with Crippen LogP contribution in [0.2, 0.25) is 0 Å². The molecule has 0 saturated heterocycles. The number of allylic oxidation sites excluding steroid dienone is 4. The molecule has 0 aliphatic rings. The van der Waals surface area contributed by atoms with E-state index in [1.54, 1.807) is 18.5 Å². The first-order valence-corrected chi connectivity index (χ1v) is 10.8. The first-order chi connectivity index (χ1) is 12.0. The van der Waals surface area contributed by atoms with Crippen LogP contribution >= 0.6 is 7.85 Å². The fourth-order valence-corrected chi connectivity index (χ4v) is 4.67. The molecule has 2 N–H and O–H groups in total. The van der Waals surface area contributed by atoms with E-state index in [1.165, 1.54) is 0 Å². The molecule has 1 amide bonds. The summed E-state index contributed by atoms with van der Waals surface area (Å²) in [6.07, 6.45) is 5.46. The Labute approximate surface area is 154 Å². The van der Waals surface area contributed by atoms with Crippen LogP contribution in [0.3, 0.4) is 0 Å². The molecule has 0 aliphatic carbocycles. The summed E-state index contributed by atoms with van der Waals surface area (Å²) in [5, 5.41) is 11.8. The van der Waals surface area contributed by atoms with Crippen molar-refractivity contribution in [1.82, 2.24) is 14.8 Å². The fourth-order valence-electron chi connectivity index (χ4n) is 2.05. The van der Waals surface area contributed by atoms with Gasteiger partial charge in [-0.05, 0) is 0 Å². The third-order valence-corrected chi connectivity index (χ3v) is 6.61. The van der Waals surface area contributed by atoms with Crippen molar-refractivity contribution in [2.24, 2.45) is 0 Å². The van der Waals surface area contributed by atoms with Crippen LogP contribution in [0.4, 0.5) is 4.79 Å². The van der Waals surface area contributed by atoms with E-state index >= 15 is 0 Å². The van der Waals surface area contributed by atoms with Crippen molar-refractivity contribution in [3.8, 4) is 6.07 Å². The molecule has 0 fully saturated rings. The van der Waals surface area contributed by atoms with Gasteiger partial charge in [0.1, 0.15) is 0 Å². The first kappa shape index (κ1) is 19.0. The van der Waals surface area contributed by atoms with E-state index in [1.807, 2.05) is 43.1 Å². The Kier molecular flexibility index (Phi) is 7.03. The molecule has 0 aliphatic heterocycles. The molecule has 2 aromatic rings. The molecule has 0 bridgehead atoms. The van der Waals surface area contributed by atoms with Crippen LogP contribution in [0.25, 0.3) is 0 Å². The molecular formula is C18H19N4OPSe.